The number of amides is 1. The van der Waals surface area contributed by atoms with Crippen LogP contribution in [0.25, 0.3) is 0 Å². The number of rotatable bonds is 9. The third kappa shape index (κ3) is 5.40. The number of carbonyl (C=O) groups excluding carboxylic acids is 1. The first-order valence-electron chi connectivity index (χ1n) is 9.61. The van der Waals surface area contributed by atoms with Crippen LogP contribution in [0.3, 0.4) is 0 Å². The number of aryl methyl sites for hydroxylation is 2. The lowest BCUT2D eigenvalue weighted by Gasteiger charge is -2.20. The molecule has 0 spiro atoms. The molecule has 3 aromatic rings. The highest BCUT2D eigenvalue weighted by molar-refractivity contribution is 7.92. The predicted octanol–water partition coefficient (Wildman–Crippen LogP) is 2.57. The van der Waals surface area contributed by atoms with Crippen LogP contribution in [0.2, 0.25) is 0 Å². The molecule has 1 amide bonds. The molecule has 3 rings (SSSR count). The Bertz CT molecular complexity index is 1140. The number of ether oxygens (including phenoxy) is 1. The van der Waals surface area contributed by atoms with E-state index in [1.165, 1.54) is 26.3 Å². The largest absolute Gasteiger partial charge is 0.497 e. The van der Waals surface area contributed by atoms with E-state index >= 15 is 0 Å². The van der Waals surface area contributed by atoms with Crippen molar-refractivity contribution in [2.24, 2.45) is 0 Å². The molecule has 0 fully saturated rings. The minimum atomic E-state index is -3.84. The number of hydrogen-bond acceptors (Lipinski definition) is 7. The molecule has 0 saturated carbocycles. The van der Waals surface area contributed by atoms with Crippen LogP contribution < -0.4 is 14.4 Å². The second kappa shape index (κ2) is 9.61. The Morgan fingerprint density at radius 2 is 1.94 bits per heavy atom. The van der Waals surface area contributed by atoms with Gasteiger partial charge in [0, 0.05) is 25.6 Å². The molecule has 0 aliphatic carbocycles. The van der Waals surface area contributed by atoms with Gasteiger partial charge < -0.3 is 14.6 Å². The molecule has 0 aliphatic heterocycles. The van der Waals surface area contributed by atoms with Crippen molar-refractivity contribution in [1.29, 1.82) is 0 Å². The van der Waals surface area contributed by atoms with Crippen LogP contribution >= 0.6 is 0 Å². The maximum Gasteiger partial charge on any atom is 0.264 e. The zero-order chi connectivity index (χ0) is 22.4. The standard InChI is InChI=1S/C21H24N4O5S/c1-15-23-20(30-24-15)8-5-13-22-21(26)16-6-4-7-19(14-16)31(27,28)25(2)17-9-11-18(29-3)12-10-17/h4,6-7,9-12,14H,5,8,13H2,1-3H3,(H,22,26). The van der Waals surface area contributed by atoms with E-state index in [0.29, 0.717) is 42.5 Å². The van der Waals surface area contributed by atoms with E-state index in [-0.39, 0.29) is 16.4 Å². The predicted molar refractivity (Wildman–Crippen MR) is 115 cm³/mol. The van der Waals surface area contributed by atoms with Crippen LogP contribution in [0.15, 0.2) is 57.9 Å². The van der Waals surface area contributed by atoms with Gasteiger partial charge in [0.15, 0.2) is 5.82 Å². The van der Waals surface area contributed by atoms with Crippen molar-refractivity contribution in [2.45, 2.75) is 24.7 Å². The van der Waals surface area contributed by atoms with Crippen molar-refractivity contribution in [1.82, 2.24) is 15.5 Å². The lowest BCUT2D eigenvalue weighted by atomic mass is 10.2. The number of aromatic nitrogens is 2. The van der Waals surface area contributed by atoms with Crippen LogP contribution in [-0.2, 0) is 16.4 Å². The molecule has 0 saturated heterocycles. The highest BCUT2D eigenvalue weighted by Gasteiger charge is 2.22. The van der Waals surface area contributed by atoms with Crippen molar-refractivity contribution in [3.63, 3.8) is 0 Å². The van der Waals surface area contributed by atoms with Crippen LogP contribution in [0.4, 0.5) is 5.69 Å². The summed E-state index contributed by atoms with van der Waals surface area (Å²) in [6.07, 6.45) is 1.16. The topological polar surface area (TPSA) is 115 Å². The summed E-state index contributed by atoms with van der Waals surface area (Å²) >= 11 is 0. The maximum absolute atomic E-state index is 13.0. The van der Waals surface area contributed by atoms with Gasteiger partial charge in [-0.15, -0.1) is 0 Å². The molecule has 164 valence electrons. The molecule has 0 aliphatic rings. The highest BCUT2D eigenvalue weighted by atomic mass is 32.2. The average Bonchev–Trinajstić information content (AvgIpc) is 3.21. The number of anilines is 1. The summed E-state index contributed by atoms with van der Waals surface area (Å²) in [7, 11) is -0.840. The van der Waals surface area contributed by atoms with E-state index < -0.39 is 10.0 Å². The Hall–Kier alpha value is -3.40. The first-order chi connectivity index (χ1) is 14.8. The lowest BCUT2D eigenvalue weighted by Crippen LogP contribution is -2.28. The highest BCUT2D eigenvalue weighted by Crippen LogP contribution is 2.24. The molecule has 0 unspecified atom stereocenters. The zero-order valence-electron chi connectivity index (χ0n) is 17.5. The second-order valence-electron chi connectivity index (χ2n) is 6.79. The number of benzene rings is 2. The SMILES string of the molecule is COc1ccc(N(C)S(=O)(=O)c2cccc(C(=O)NCCCc3nc(C)no3)c2)cc1. The first kappa shape index (κ1) is 22.3. The van der Waals surface area contributed by atoms with Crippen molar-refractivity contribution in [2.75, 3.05) is 25.0 Å². The van der Waals surface area contributed by atoms with E-state index in [2.05, 4.69) is 15.5 Å². The van der Waals surface area contributed by atoms with Gasteiger partial charge in [-0.2, -0.15) is 4.98 Å². The number of carbonyl (C=O) groups is 1. The Balaban J connectivity index is 1.65. The third-order valence-corrected chi connectivity index (χ3v) is 6.39. The molecular weight excluding hydrogens is 420 g/mol. The smallest absolute Gasteiger partial charge is 0.264 e. The first-order valence-corrected chi connectivity index (χ1v) is 11.1. The summed E-state index contributed by atoms with van der Waals surface area (Å²) in [4.78, 5) is 16.6. The molecule has 31 heavy (non-hydrogen) atoms. The van der Waals surface area contributed by atoms with E-state index in [1.807, 2.05) is 0 Å². The van der Waals surface area contributed by atoms with Gasteiger partial charge in [0.1, 0.15) is 5.75 Å². The Kier molecular flexibility index (Phi) is 6.91. The monoisotopic (exact) mass is 444 g/mol. The second-order valence-corrected chi connectivity index (χ2v) is 8.76. The number of sulfonamides is 1. The van der Waals surface area contributed by atoms with E-state index in [4.69, 9.17) is 9.26 Å². The van der Waals surface area contributed by atoms with Crippen molar-refractivity contribution in [3.8, 4) is 5.75 Å². The molecule has 1 heterocycles. The van der Waals surface area contributed by atoms with Gasteiger partial charge in [-0.05, 0) is 55.8 Å². The minimum Gasteiger partial charge on any atom is -0.497 e. The van der Waals surface area contributed by atoms with Crippen molar-refractivity contribution in [3.05, 3.63) is 65.8 Å². The molecule has 2 aromatic carbocycles. The molecule has 0 radical (unpaired) electrons. The third-order valence-electron chi connectivity index (χ3n) is 4.61. The summed E-state index contributed by atoms with van der Waals surface area (Å²) in [5, 5.41) is 6.49. The summed E-state index contributed by atoms with van der Waals surface area (Å²) in [6, 6.07) is 12.6. The minimum absolute atomic E-state index is 0.0276. The van der Waals surface area contributed by atoms with Crippen LogP contribution in [0.5, 0.6) is 5.75 Å². The summed E-state index contributed by atoms with van der Waals surface area (Å²) in [5.41, 5.74) is 0.741. The van der Waals surface area contributed by atoms with E-state index in [0.717, 1.165) is 4.31 Å². The molecule has 1 N–H and O–H groups in total. The van der Waals surface area contributed by atoms with Crippen LogP contribution in [-0.4, -0.2) is 45.2 Å². The number of methoxy groups -OCH3 is 1. The van der Waals surface area contributed by atoms with Gasteiger partial charge in [-0.1, -0.05) is 11.2 Å². The number of hydrogen-bond donors (Lipinski definition) is 1. The Morgan fingerprint density at radius 1 is 1.19 bits per heavy atom. The van der Waals surface area contributed by atoms with E-state index in [9.17, 15) is 13.2 Å². The number of nitrogens with zero attached hydrogens (tertiary/aromatic N) is 3. The van der Waals surface area contributed by atoms with Crippen molar-refractivity contribution < 1.29 is 22.5 Å². The fraction of sp³-hybridized carbons (Fsp3) is 0.286. The fourth-order valence-electron chi connectivity index (χ4n) is 2.87. The number of nitrogens with one attached hydrogen (secondary N) is 1. The van der Waals surface area contributed by atoms with Gasteiger partial charge in [-0.25, -0.2) is 8.42 Å². The van der Waals surface area contributed by atoms with Crippen LogP contribution in [0, 0.1) is 6.92 Å². The van der Waals surface area contributed by atoms with E-state index in [1.54, 1.807) is 43.3 Å². The Morgan fingerprint density at radius 3 is 2.58 bits per heavy atom. The van der Waals surface area contributed by atoms with Gasteiger partial charge in [0.05, 0.1) is 17.7 Å². The molecule has 9 nitrogen and oxygen atoms in total. The zero-order valence-corrected chi connectivity index (χ0v) is 18.3. The van der Waals surface area contributed by atoms with Gasteiger partial charge in [0.2, 0.25) is 5.89 Å². The summed E-state index contributed by atoms with van der Waals surface area (Å²) < 4.78 is 37.3. The fourth-order valence-corrected chi connectivity index (χ4v) is 4.11. The lowest BCUT2D eigenvalue weighted by molar-refractivity contribution is 0.0952. The summed E-state index contributed by atoms with van der Waals surface area (Å²) in [5.74, 6) is 1.35. The molecule has 10 heteroatoms. The average molecular weight is 445 g/mol. The maximum atomic E-state index is 13.0. The normalized spacial score (nSPS) is 11.2. The van der Waals surface area contributed by atoms with Gasteiger partial charge in [-0.3, -0.25) is 9.10 Å². The Labute approximate surface area is 181 Å². The molecule has 1 aromatic heterocycles. The quantitative estimate of drug-likeness (QED) is 0.505. The van der Waals surface area contributed by atoms with Gasteiger partial charge >= 0.3 is 0 Å². The summed E-state index contributed by atoms with van der Waals surface area (Å²) in [6.45, 7) is 2.13. The molecule has 0 bridgehead atoms. The molecule has 0 atom stereocenters. The van der Waals surface area contributed by atoms with Gasteiger partial charge in [0.25, 0.3) is 15.9 Å². The molecular formula is C21H24N4O5S. The van der Waals surface area contributed by atoms with Crippen molar-refractivity contribution >= 4 is 21.6 Å². The van der Waals surface area contributed by atoms with Crippen LogP contribution in [0.1, 0.15) is 28.5 Å².